The highest BCUT2D eigenvalue weighted by Gasteiger charge is 2.45. The Morgan fingerprint density at radius 2 is 2.05 bits per heavy atom. The Morgan fingerprint density at radius 3 is 2.65 bits per heavy atom. The third-order valence-corrected chi connectivity index (χ3v) is 3.25. The van der Waals surface area contributed by atoms with Gasteiger partial charge in [-0.1, -0.05) is 13.0 Å². The van der Waals surface area contributed by atoms with Crippen molar-refractivity contribution in [1.82, 2.24) is 5.32 Å². The third-order valence-electron chi connectivity index (χ3n) is 3.25. The number of alkyl halides is 3. The van der Waals surface area contributed by atoms with E-state index in [0.29, 0.717) is 17.5 Å². The number of aliphatic hydroxyl groups excluding tert-OH is 1. The molecule has 2 aromatic rings. The van der Waals surface area contributed by atoms with E-state index in [4.69, 9.17) is 4.42 Å². The molecule has 3 nitrogen and oxygen atoms in total. The lowest BCUT2D eigenvalue weighted by Gasteiger charge is -2.28. The van der Waals surface area contributed by atoms with E-state index in [0.717, 1.165) is 0 Å². The molecule has 2 unspecified atom stereocenters. The monoisotopic (exact) mass is 287 g/mol. The fourth-order valence-electron chi connectivity index (χ4n) is 2.38. The van der Waals surface area contributed by atoms with Crippen molar-refractivity contribution in [2.24, 2.45) is 0 Å². The summed E-state index contributed by atoms with van der Waals surface area (Å²) in [5, 5.41) is 12.5. The molecule has 2 rings (SSSR count). The first-order valence-corrected chi connectivity index (χ1v) is 6.35. The molecule has 110 valence electrons. The van der Waals surface area contributed by atoms with Gasteiger partial charge in [0.25, 0.3) is 0 Å². The van der Waals surface area contributed by atoms with Crippen LogP contribution in [0.15, 0.2) is 34.9 Å². The molecule has 1 aromatic heterocycles. The maximum absolute atomic E-state index is 13.3. The molecule has 2 N–H and O–H groups in total. The molecule has 0 amide bonds. The number of hydrogen-bond acceptors (Lipinski definition) is 3. The quantitative estimate of drug-likeness (QED) is 0.888. The van der Waals surface area contributed by atoms with E-state index in [1.54, 1.807) is 13.0 Å². The summed E-state index contributed by atoms with van der Waals surface area (Å²) in [6.07, 6.45) is -3.00. The molecule has 0 fully saturated rings. The summed E-state index contributed by atoms with van der Waals surface area (Å²) < 4.78 is 45.1. The van der Waals surface area contributed by atoms with Crippen molar-refractivity contribution >= 4 is 11.0 Å². The van der Waals surface area contributed by atoms with E-state index < -0.39 is 24.7 Å². The van der Waals surface area contributed by atoms with E-state index in [1.165, 1.54) is 24.5 Å². The number of halogens is 3. The maximum atomic E-state index is 13.3. The summed E-state index contributed by atoms with van der Waals surface area (Å²) in [6.45, 7) is 1.47. The van der Waals surface area contributed by atoms with Crippen molar-refractivity contribution in [3.8, 4) is 0 Å². The number of furan rings is 1. The third kappa shape index (κ3) is 2.96. The molecule has 0 aliphatic heterocycles. The van der Waals surface area contributed by atoms with E-state index in [1.807, 2.05) is 0 Å². The Bertz CT molecular complexity index is 565. The number of likely N-dealkylation sites (N-methyl/N-ethyl adjacent to an activating group) is 1. The summed E-state index contributed by atoms with van der Waals surface area (Å²) in [5.74, 6) is -1.76. The van der Waals surface area contributed by atoms with Crippen LogP contribution in [-0.4, -0.2) is 30.5 Å². The summed E-state index contributed by atoms with van der Waals surface area (Å²) in [5.41, 5.74) is 0.657. The second kappa shape index (κ2) is 5.85. The predicted molar refractivity (Wildman–Crippen MR) is 69.6 cm³/mol. The van der Waals surface area contributed by atoms with Crippen molar-refractivity contribution in [1.29, 1.82) is 0 Å². The molecule has 0 spiro atoms. The van der Waals surface area contributed by atoms with Crippen LogP contribution in [0.1, 0.15) is 18.4 Å². The lowest BCUT2D eigenvalue weighted by molar-refractivity contribution is -0.159. The Morgan fingerprint density at radius 1 is 1.30 bits per heavy atom. The molecule has 0 aliphatic carbocycles. The van der Waals surface area contributed by atoms with Crippen LogP contribution < -0.4 is 5.32 Å². The van der Waals surface area contributed by atoms with Crippen LogP contribution in [0.5, 0.6) is 0 Å². The van der Waals surface area contributed by atoms with Crippen molar-refractivity contribution in [2.45, 2.75) is 25.1 Å². The molecular weight excluding hydrogens is 271 g/mol. The number of nitrogens with one attached hydrogen (secondary N) is 1. The fourth-order valence-corrected chi connectivity index (χ4v) is 2.38. The van der Waals surface area contributed by atoms with Gasteiger partial charge in [0.15, 0.2) is 0 Å². The van der Waals surface area contributed by atoms with Crippen LogP contribution in [-0.2, 0) is 0 Å². The second-order valence-corrected chi connectivity index (χ2v) is 4.58. The Labute approximate surface area is 114 Å². The van der Waals surface area contributed by atoms with Crippen molar-refractivity contribution in [2.75, 3.05) is 13.2 Å². The van der Waals surface area contributed by atoms with Crippen LogP contribution in [0.4, 0.5) is 13.2 Å². The average Bonchev–Trinajstić information content (AvgIpc) is 2.84. The Hall–Kier alpha value is -1.53. The largest absolute Gasteiger partial charge is 0.464 e. The minimum absolute atomic E-state index is 0.117. The number of fused-ring (bicyclic) bond motifs is 1. The normalized spacial score (nSPS) is 15.4. The number of rotatable bonds is 5. The molecule has 20 heavy (non-hydrogen) atoms. The zero-order valence-electron chi connectivity index (χ0n) is 10.9. The molecule has 0 saturated carbocycles. The molecule has 0 aliphatic rings. The van der Waals surface area contributed by atoms with Gasteiger partial charge in [-0.25, -0.2) is 0 Å². The standard InChI is InChI=1S/C14H16F3NO2/c1-2-18-11(8-19)13(14(15,16)17)10-3-4-12-9(7-10)5-6-20-12/h3-7,11,13,18-19H,2,8H2,1H3. The topological polar surface area (TPSA) is 45.4 Å². The second-order valence-electron chi connectivity index (χ2n) is 4.58. The van der Waals surface area contributed by atoms with E-state index >= 15 is 0 Å². The zero-order valence-corrected chi connectivity index (χ0v) is 10.9. The predicted octanol–water partition coefficient (Wildman–Crippen LogP) is 3.05. The first-order valence-electron chi connectivity index (χ1n) is 6.35. The highest BCUT2D eigenvalue weighted by molar-refractivity contribution is 5.77. The van der Waals surface area contributed by atoms with Gasteiger partial charge in [0.2, 0.25) is 0 Å². The highest BCUT2D eigenvalue weighted by atomic mass is 19.4. The zero-order chi connectivity index (χ0) is 14.8. The van der Waals surface area contributed by atoms with Crippen molar-refractivity contribution in [3.05, 3.63) is 36.1 Å². The van der Waals surface area contributed by atoms with Crippen LogP contribution in [0.25, 0.3) is 11.0 Å². The van der Waals surface area contributed by atoms with Gasteiger partial charge in [-0.3, -0.25) is 0 Å². The van der Waals surface area contributed by atoms with E-state index in [2.05, 4.69) is 5.32 Å². The first kappa shape index (κ1) is 14.9. The van der Waals surface area contributed by atoms with Crippen molar-refractivity contribution < 1.29 is 22.7 Å². The summed E-state index contributed by atoms with van der Waals surface area (Å²) in [6, 6.07) is 4.92. The molecular formula is C14H16F3NO2. The molecule has 6 heteroatoms. The average molecular weight is 287 g/mol. The molecule has 2 atom stereocenters. The van der Waals surface area contributed by atoms with Crippen LogP contribution >= 0.6 is 0 Å². The number of hydrogen-bond donors (Lipinski definition) is 2. The van der Waals surface area contributed by atoms with Crippen molar-refractivity contribution in [3.63, 3.8) is 0 Å². The van der Waals surface area contributed by atoms with E-state index in [-0.39, 0.29) is 5.56 Å². The highest BCUT2D eigenvalue weighted by Crippen LogP contribution is 2.38. The Balaban J connectivity index is 2.44. The number of aliphatic hydroxyl groups is 1. The molecule has 0 bridgehead atoms. The summed E-state index contributed by atoms with van der Waals surface area (Å²) in [7, 11) is 0. The summed E-state index contributed by atoms with van der Waals surface area (Å²) >= 11 is 0. The minimum Gasteiger partial charge on any atom is -0.464 e. The smallest absolute Gasteiger partial charge is 0.397 e. The lowest BCUT2D eigenvalue weighted by atomic mass is 9.90. The molecule has 1 aromatic carbocycles. The van der Waals surface area contributed by atoms with Gasteiger partial charge in [0, 0.05) is 11.4 Å². The van der Waals surface area contributed by atoms with E-state index in [9.17, 15) is 18.3 Å². The van der Waals surface area contributed by atoms with Gasteiger partial charge in [-0.2, -0.15) is 13.2 Å². The molecule has 1 heterocycles. The summed E-state index contributed by atoms with van der Waals surface area (Å²) in [4.78, 5) is 0. The minimum atomic E-state index is -4.44. The van der Waals surface area contributed by atoms with Gasteiger partial charge in [-0.05, 0) is 30.3 Å². The first-order chi connectivity index (χ1) is 9.47. The fraction of sp³-hybridized carbons (Fsp3) is 0.429. The lowest BCUT2D eigenvalue weighted by Crippen LogP contribution is -2.44. The maximum Gasteiger partial charge on any atom is 0.397 e. The molecule has 0 saturated heterocycles. The van der Waals surface area contributed by atoms with Gasteiger partial charge in [-0.15, -0.1) is 0 Å². The Kier molecular flexibility index (Phi) is 4.35. The van der Waals surface area contributed by atoms with Crippen LogP contribution in [0.3, 0.4) is 0 Å². The van der Waals surface area contributed by atoms with Gasteiger partial charge in [0.1, 0.15) is 5.58 Å². The van der Waals surface area contributed by atoms with Crippen LogP contribution in [0.2, 0.25) is 0 Å². The SMILES string of the molecule is CCNC(CO)C(c1ccc2occc2c1)C(F)(F)F. The number of benzene rings is 1. The van der Waals surface area contributed by atoms with Crippen LogP contribution in [0, 0.1) is 0 Å². The van der Waals surface area contributed by atoms with Gasteiger partial charge >= 0.3 is 6.18 Å². The van der Waals surface area contributed by atoms with Gasteiger partial charge in [0.05, 0.1) is 18.8 Å². The molecule has 0 radical (unpaired) electrons. The van der Waals surface area contributed by atoms with Gasteiger partial charge < -0.3 is 14.8 Å².